The fourth-order valence-corrected chi connectivity index (χ4v) is 2.83. The lowest BCUT2D eigenvalue weighted by atomic mass is 10.3. The maximum atomic E-state index is 12.0. The van der Waals surface area contributed by atoms with Crippen molar-refractivity contribution < 1.29 is 4.21 Å². The standard InChI is InChI=1S/C12H18BrNOS/c1-3-8-14-10(2)9-16(15)12-6-4-11(13)5-7-12/h4-7,10,14H,3,8-9H2,1-2H3. The fourth-order valence-electron chi connectivity index (χ4n) is 1.36. The summed E-state index contributed by atoms with van der Waals surface area (Å²) in [6, 6.07) is 7.97. The van der Waals surface area contributed by atoms with Crippen LogP contribution in [-0.4, -0.2) is 22.5 Å². The van der Waals surface area contributed by atoms with Crippen LogP contribution < -0.4 is 5.32 Å². The monoisotopic (exact) mass is 303 g/mol. The molecular weight excluding hydrogens is 286 g/mol. The number of halogens is 1. The van der Waals surface area contributed by atoms with Crippen LogP contribution in [0.5, 0.6) is 0 Å². The summed E-state index contributed by atoms with van der Waals surface area (Å²) in [7, 11) is -0.909. The van der Waals surface area contributed by atoms with E-state index in [-0.39, 0.29) is 0 Å². The van der Waals surface area contributed by atoms with E-state index >= 15 is 0 Å². The molecule has 0 aliphatic heterocycles. The molecule has 4 heteroatoms. The zero-order valence-corrected chi connectivity index (χ0v) is 12.1. The summed E-state index contributed by atoms with van der Waals surface area (Å²) < 4.78 is 13.0. The third-order valence-corrected chi connectivity index (χ3v) is 4.35. The normalized spacial score (nSPS) is 14.7. The minimum Gasteiger partial charge on any atom is -0.313 e. The largest absolute Gasteiger partial charge is 0.313 e. The molecule has 1 aromatic carbocycles. The second kappa shape index (κ2) is 7.20. The van der Waals surface area contributed by atoms with Gasteiger partial charge in [0.15, 0.2) is 0 Å². The van der Waals surface area contributed by atoms with Gasteiger partial charge in [0.25, 0.3) is 0 Å². The van der Waals surface area contributed by atoms with Crippen LogP contribution >= 0.6 is 15.9 Å². The van der Waals surface area contributed by atoms with Crippen LogP contribution in [0.4, 0.5) is 0 Å². The highest BCUT2D eigenvalue weighted by Gasteiger charge is 2.08. The Bertz CT molecular complexity index is 339. The zero-order chi connectivity index (χ0) is 12.0. The molecule has 1 N–H and O–H groups in total. The van der Waals surface area contributed by atoms with Crippen molar-refractivity contribution in [1.29, 1.82) is 0 Å². The topological polar surface area (TPSA) is 29.1 Å². The van der Waals surface area contributed by atoms with Gasteiger partial charge >= 0.3 is 0 Å². The third-order valence-electron chi connectivity index (χ3n) is 2.22. The average molecular weight is 304 g/mol. The molecule has 0 heterocycles. The predicted molar refractivity (Wildman–Crippen MR) is 73.2 cm³/mol. The first-order chi connectivity index (χ1) is 7.63. The Morgan fingerprint density at radius 3 is 2.56 bits per heavy atom. The van der Waals surface area contributed by atoms with Crippen molar-refractivity contribution in [2.24, 2.45) is 0 Å². The van der Waals surface area contributed by atoms with E-state index in [0.29, 0.717) is 11.8 Å². The van der Waals surface area contributed by atoms with Gasteiger partial charge in [-0.05, 0) is 44.2 Å². The summed E-state index contributed by atoms with van der Waals surface area (Å²) in [5, 5.41) is 3.34. The van der Waals surface area contributed by atoms with Crippen molar-refractivity contribution in [3.63, 3.8) is 0 Å². The van der Waals surface area contributed by atoms with E-state index in [1.165, 1.54) is 0 Å². The minimum absolute atomic E-state index is 0.296. The van der Waals surface area contributed by atoms with E-state index in [1.54, 1.807) is 0 Å². The van der Waals surface area contributed by atoms with Gasteiger partial charge in [-0.1, -0.05) is 22.9 Å². The average Bonchev–Trinajstić information content (AvgIpc) is 2.27. The van der Waals surface area contributed by atoms with Gasteiger partial charge in [0.1, 0.15) is 0 Å². The molecule has 0 aliphatic rings. The summed E-state index contributed by atoms with van der Waals surface area (Å²) >= 11 is 3.37. The second-order valence-electron chi connectivity index (χ2n) is 3.82. The van der Waals surface area contributed by atoms with E-state index in [9.17, 15) is 4.21 Å². The summed E-state index contributed by atoms with van der Waals surface area (Å²) in [4.78, 5) is 0.897. The summed E-state index contributed by atoms with van der Waals surface area (Å²) in [6.07, 6.45) is 1.11. The number of rotatable bonds is 6. The van der Waals surface area contributed by atoms with Gasteiger partial charge in [-0.3, -0.25) is 4.21 Å². The van der Waals surface area contributed by atoms with Crippen molar-refractivity contribution >= 4 is 26.7 Å². The molecule has 1 aromatic rings. The fraction of sp³-hybridized carbons (Fsp3) is 0.500. The number of hydrogen-bond donors (Lipinski definition) is 1. The number of benzene rings is 1. The maximum absolute atomic E-state index is 12.0. The highest BCUT2D eigenvalue weighted by Crippen LogP contribution is 2.13. The van der Waals surface area contributed by atoms with Gasteiger partial charge in [-0.15, -0.1) is 0 Å². The molecule has 1 rings (SSSR count). The molecule has 0 saturated heterocycles. The van der Waals surface area contributed by atoms with Gasteiger partial charge in [0, 0.05) is 21.2 Å². The van der Waals surface area contributed by atoms with Crippen LogP contribution in [0.15, 0.2) is 33.6 Å². The van der Waals surface area contributed by atoms with Gasteiger partial charge < -0.3 is 5.32 Å². The molecule has 2 nitrogen and oxygen atoms in total. The van der Waals surface area contributed by atoms with Crippen molar-refractivity contribution in [3.05, 3.63) is 28.7 Å². The van der Waals surface area contributed by atoms with Crippen molar-refractivity contribution in [2.75, 3.05) is 12.3 Å². The van der Waals surface area contributed by atoms with E-state index < -0.39 is 10.8 Å². The molecule has 2 unspecified atom stereocenters. The molecule has 0 bridgehead atoms. The molecule has 0 saturated carbocycles. The molecule has 90 valence electrons. The first kappa shape index (κ1) is 13.9. The summed E-state index contributed by atoms with van der Waals surface area (Å²) in [5.74, 6) is 0.668. The molecule has 0 aliphatic carbocycles. The van der Waals surface area contributed by atoms with E-state index in [4.69, 9.17) is 0 Å². The summed E-state index contributed by atoms with van der Waals surface area (Å²) in [6.45, 7) is 5.19. The molecule has 0 spiro atoms. The predicted octanol–water partition coefficient (Wildman–Crippen LogP) is 2.94. The lowest BCUT2D eigenvalue weighted by molar-refractivity contribution is 0.582. The van der Waals surface area contributed by atoms with Crippen molar-refractivity contribution in [2.45, 2.75) is 31.2 Å². The van der Waals surface area contributed by atoms with Crippen LogP contribution in [-0.2, 0) is 10.8 Å². The molecular formula is C12H18BrNOS. The Balaban J connectivity index is 2.48. The Morgan fingerprint density at radius 2 is 2.00 bits per heavy atom. The molecule has 0 fully saturated rings. The third kappa shape index (κ3) is 4.76. The van der Waals surface area contributed by atoms with Crippen LogP contribution in [0.25, 0.3) is 0 Å². The number of hydrogen-bond acceptors (Lipinski definition) is 2. The smallest absolute Gasteiger partial charge is 0.0545 e. The van der Waals surface area contributed by atoms with Gasteiger partial charge in [-0.25, -0.2) is 0 Å². The molecule has 2 atom stereocenters. The van der Waals surface area contributed by atoms with Crippen LogP contribution in [0.1, 0.15) is 20.3 Å². The van der Waals surface area contributed by atoms with Gasteiger partial charge in [-0.2, -0.15) is 0 Å². The Kier molecular flexibility index (Phi) is 6.24. The van der Waals surface area contributed by atoms with E-state index in [1.807, 2.05) is 24.3 Å². The minimum atomic E-state index is -0.909. The lowest BCUT2D eigenvalue weighted by Gasteiger charge is -2.12. The Morgan fingerprint density at radius 1 is 1.38 bits per heavy atom. The lowest BCUT2D eigenvalue weighted by Crippen LogP contribution is -2.31. The quantitative estimate of drug-likeness (QED) is 0.875. The van der Waals surface area contributed by atoms with Crippen LogP contribution in [0.2, 0.25) is 0 Å². The van der Waals surface area contributed by atoms with Crippen LogP contribution in [0, 0.1) is 0 Å². The molecule has 16 heavy (non-hydrogen) atoms. The highest BCUT2D eigenvalue weighted by atomic mass is 79.9. The second-order valence-corrected chi connectivity index (χ2v) is 6.23. The van der Waals surface area contributed by atoms with Crippen LogP contribution in [0.3, 0.4) is 0 Å². The maximum Gasteiger partial charge on any atom is 0.0545 e. The molecule has 0 amide bonds. The summed E-state index contributed by atoms with van der Waals surface area (Å²) in [5.41, 5.74) is 0. The Labute approximate surface area is 108 Å². The Hall–Kier alpha value is -0.190. The molecule has 0 radical (unpaired) electrons. The SMILES string of the molecule is CCCNC(C)CS(=O)c1ccc(Br)cc1. The molecule has 0 aromatic heterocycles. The first-order valence-corrected chi connectivity index (χ1v) is 7.62. The van der Waals surface area contributed by atoms with Gasteiger partial charge in [0.05, 0.1) is 10.8 Å². The van der Waals surface area contributed by atoms with E-state index in [0.717, 1.165) is 22.3 Å². The van der Waals surface area contributed by atoms with Crippen molar-refractivity contribution in [3.8, 4) is 0 Å². The highest BCUT2D eigenvalue weighted by molar-refractivity contribution is 9.10. The van der Waals surface area contributed by atoms with E-state index in [2.05, 4.69) is 35.1 Å². The van der Waals surface area contributed by atoms with Crippen molar-refractivity contribution in [1.82, 2.24) is 5.32 Å². The van der Waals surface area contributed by atoms with Gasteiger partial charge in [0.2, 0.25) is 0 Å². The first-order valence-electron chi connectivity index (χ1n) is 5.50. The number of nitrogens with one attached hydrogen (secondary N) is 1. The zero-order valence-electron chi connectivity index (χ0n) is 9.70.